The van der Waals surface area contributed by atoms with Gasteiger partial charge in [0.1, 0.15) is 0 Å². The molecule has 0 atom stereocenters. The molecule has 0 unspecified atom stereocenters. The molecule has 4 heteroatoms. The zero-order valence-electron chi connectivity index (χ0n) is 5.02. The summed E-state index contributed by atoms with van der Waals surface area (Å²) in [5.74, 6) is -0.890. The highest BCUT2D eigenvalue weighted by Crippen LogP contribution is 1.89. The van der Waals surface area contributed by atoms with Crippen LogP contribution in [0.1, 0.15) is 6.92 Å². The molecule has 0 aliphatic heterocycles. The minimum absolute atomic E-state index is 0.618. The summed E-state index contributed by atoms with van der Waals surface area (Å²) in [6.07, 6.45) is 1.19. The van der Waals surface area contributed by atoms with E-state index in [1.807, 2.05) is 22.9 Å². The zero-order chi connectivity index (χ0) is 7.28. The fourth-order valence-electron chi connectivity index (χ4n) is 0.367. The first-order chi connectivity index (χ1) is 4.16. The number of hydrogen-bond donors (Lipinski definition) is 2. The second-order valence-electron chi connectivity index (χ2n) is 1.64. The molecule has 0 aromatic heterocycles. The van der Waals surface area contributed by atoms with Crippen LogP contribution >= 0.6 is 22.9 Å². The van der Waals surface area contributed by atoms with Crippen LogP contribution in [-0.2, 0) is 4.79 Å². The second kappa shape index (κ2) is 4.75. The number of nitrogens with one attached hydrogen (secondary N) is 1. The maximum absolute atomic E-state index is 9.98. The van der Waals surface area contributed by atoms with Gasteiger partial charge in [0.2, 0.25) is 0 Å². The van der Waals surface area contributed by atoms with Crippen LogP contribution < -0.4 is 3.53 Å². The lowest BCUT2D eigenvalue weighted by Crippen LogP contribution is -2.03. The highest BCUT2D eigenvalue weighted by atomic mass is 127. The summed E-state index contributed by atoms with van der Waals surface area (Å²) < 4.78 is 2.81. The van der Waals surface area contributed by atoms with Crippen LogP contribution in [0, 0.1) is 0 Å². The lowest BCUT2D eigenvalue weighted by Gasteiger charge is -1.93. The summed E-state index contributed by atoms with van der Waals surface area (Å²) in [5.41, 5.74) is 0.817. The Balaban J connectivity index is 3.69. The lowest BCUT2D eigenvalue weighted by molar-refractivity contribution is -0.131. The molecule has 0 rings (SSSR count). The molecular formula is C5H8INO2. The molecule has 0 amide bonds. The van der Waals surface area contributed by atoms with Crippen molar-refractivity contribution in [3.8, 4) is 0 Å². The minimum atomic E-state index is -0.890. The van der Waals surface area contributed by atoms with E-state index in [0.717, 1.165) is 5.57 Å². The molecule has 0 aliphatic rings. The van der Waals surface area contributed by atoms with E-state index in [4.69, 9.17) is 5.11 Å². The van der Waals surface area contributed by atoms with Crippen molar-refractivity contribution in [2.75, 3.05) is 6.54 Å². The third kappa shape index (κ3) is 5.78. The largest absolute Gasteiger partial charge is 0.478 e. The van der Waals surface area contributed by atoms with Gasteiger partial charge in [0, 0.05) is 35.5 Å². The maximum atomic E-state index is 9.98. The highest BCUT2D eigenvalue weighted by molar-refractivity contribution is 14.1. The summed E-state index contributed by atoms with van der Waals surface area (Å²) in [5, 5.41) is 8.20. The third-order valence-corrected chi connectivity index (χ3v) is 1.10. The molecule has 52 valence electrons. The van der Waals surface area contributed by atoms with Crippen molar-refractivity contribution < 1.29 is 9.90 Å². The van der Waals surface area contributed by atoms with Gasteiger partial charge < -0.3 is 5.11 Å². The topological polar surface area (TPSA) is 49.3 Å². The van der Waals surface area contributed by atoms with Crippen LogP contribution in [0.15, 0.2) is 11.6 Å². The van der Waals surface area contributed by atoms with Crippen molar-refractivity contribution in [3.05, 3.63) is 11.6 Å². The Kier molecular flexibility index (Phi) is 4.70. The fraction of sp³-hybridized carbons (Fsp3) is 0.400. The van der Waals surface area contributed by atoms with Gasteiger partial charge in [0.15, 0.2) is 0 Å². The van der Waals surface area contributed by atoms with Crippen molar-refractivity contribution in [2.45, 2.75) is 6.92 Å². The van der Waals surface area contributed by atoms with Crippen LogP contribution in [0.2, 0.25) is 0 Å². The van der Waals surface area contributed by atoms with E-state index in [-0.39, 0.29) is 0 Å². The maximum Gasteiger partial charge on any atom is 0.328 e. The van der Waals surface area contributed by atoms with E-state index in [1.54, 1.807) is 6.92 Å². The molecule has 0 aliphatic carbocycles. The van der Waals surface area contributed by atoms with Crippen molar-refractivity contribution >= 4 is 28.8 Å². The number of rotatable bonds is 3. The Hall–Kier alpha value is -0.100. The monoisotopic (exact) mass is 241 g/mol. The fourth-order valence-corrected chi connectivity index (χ4v) is 0.969. The van der Waals surface area contributed by atoms with Gasteiger partial charge in [-0.15, -0.1) is 0 Å². The van der Waals surface area contributed by atoms with E-state index < -0.39 is 5.97 Å². The summed E-state index contributed by atoms with van der Waals surface area (Å²) in [7, 11) is 0. The number of carbonyl (C=O) groups is 1. The van der Waals surface area contributed by atoms with Crippen LogP contribution in [0.4, 0.5) is 0 Å². The van der Waals surface area contributed by atoms with E-state index in [2.05, 4.69) is 3.53 Å². The molecule has 0 radical (unpaired) electrons. The van der Waals surface area contributed by atoms with Crippen LogP contribution in [0.5, 0.6) is 0 Å². The number of carboxylic acid groups (broad SMARTS) is 1. The zero-order valence-corrected chi connectivity index (χ0v) is 7.18. The lowest BCUT2D eigenvalue weighted by atomic mass is 10.3. The van der Waals surface area contributed by atoms with Gasteiger partial charge in [-0.2, -0.15) is 0 Å². The molecular weight excluding hydrogens is 233 g/mol. The minimum Gasteiger partial charge on any atom is -0.478 e. The molecule has 0 aromatic rings. The normalized spacial score (nSPS) is 11.6. The molecule has 0 heterocycles. The summed E-state index contributed by atoms with van der Waals surface area (Å²) in [4.78, 5) is 9.98. The Morgan fingerprint density at radius 2 is 2.44 bits per heavy atom. The van der Waals surface area contributed by atoms with Crippen LogP contribution in [0.25, 0.3) is 0 Å². The third-order valence-electron chi connectivity index (χ3n) is 0.716. The van der Waals surface area contributed by atoms with Crippen molar-refractivity contribution in [3.63, 3.8) is 0 Å². The van der Waals surface area contributed by atoms with Crippen LogP contribution in [-0.4, -0.2) is 17.6 Å². The highest BCUT2D eigenvalue weighted by Gasteiger charge is 1.90. The van der Waals surface area contributed by atoms with E-state index >= 15 is 0 Å². The number of aliphatic carboxylic acids is 1. The number of hydrogen-bond acceptors (Lipinski definition) is 2. The predicted molar refractivity (Wildman–Crippen MR) is 43.4 cm³/mol. The Morgan fingerprint density at radius 1 is 1.89 bits per heavy atom. The summed E-state index contributed by atoms with van der Waals surface area (Å²) in [6.45, 7) is 2.38. The van der Waals surface area contributed by atoms with Gasteiger partial charge in [-0.25, -0.2) is 4.79 Å². The van der Waals surface area contributed by atoms with Gasteiger partial charge in [-0.3, -0.25) is 3.53 Å². The first-order valence-corrected chi connectivity index (χ1v) is 3.48. The first kappa shape index (κ1) is 8.90. The Labute approximate surface area is 67.6 Å². The molecule has 0 aromatic carbocycles. The quantitative estimate of drug-likeness (QED) is 0.439. The Bertz CT molecular complexity index is 133. The van der Waals surface area contributed by atoms with E-state index in [9.17, 15) is 4.79 Å². The SMILES string of the molecule is C/C(=C/C(=O)O)CNI. The number of carboxylic acids is 1. The van der Waals surface area contributed by atoms with Crippen molar-refractivity contribution in [1.29, 1.82) is 0 Å². The van der Waals surface area contributed by atoms with Gasteiger partial charge in [-0.1, -0.05) is 5.57 Å². The van der Waals surface area contributed by atoms with E-state index in [0.29, 0.717) is 6.54 Å². The van der Waals surface area contributed by atoms with Gasteiger partial charge >= 0.3 is 5.97 Å². The van der Waals surface area contributed by atoms with Gasteiger partial charge in [0.25, 0.3) is 0 Å². The molecule has 0 saturated carbocycles. The van der Waals surface area contributed by atoms with Gasteiger partial charge in [0.05, 0.1) is 0 Å². The molecule has 0 saturated heterocycles. The predicted octanol–water partition coefficient (Wildman–Crippen LogP) is 0.957. The van der Waals surface area contributed by atoms with Crippen molar-refractivity contribution in [2.24, 2.45) is 0 Å². The van der Waals surface area contributed by atoms with Crippen LogP contribution in [0.3, 0.4) is 0 Å². The summed E-state index contributed by atoms with van der Waals surface area (Å²) >= 11 is 1.97. The van der Waals surface area contributed by atoms with Gasteiger partial charge in [-0.05, 0) is 6.92 Å². The number of halogens is 1. The first-order valence-electron chi connectivity index (χ1n) is 2.40. The summed E-state index contributed by atoms with van der Waals surface area (Å²) in [6, 6.07) is 0. The molecule has 0 fully saturated rings. The van der Waals surface area contributed by atoms with Crippen molar-refractivity contribution in [1.82, 2.24) is 3.53 Å². The molecule has 0 spiro atoms. The molecule has 2 N–H and O–H groups in total. The van der Waals surface area contributed by atoms with E-state index in [1.165, 1.54) is 6.08 Å². The Morgan fingerprint density at radius 3 is 2.78 bits per heavy atom. The second-order valence-corrected chi connectivity index (χ2v) is 2.40. The average Bonchev–Trinajstić information content (AvgIpc) is 1.63. The molecule has 0 bridgehead atoms. The molecule has 9 heavy (non-hydrogen) atoms. The standard InChI is InChI=1S/C5H8INO2/c1-4(3-7-6)2-5(8)9/h2,7H,3H2,1H3,(H,8,9)/b4-2-. The average molecular weight is 241 g/mol. The smallest absolute Gasteiger partial charge is 0.328 e. The molecule has 3 nitrogen and oxygen atoms in total.